The monoisotopic (exact) mass is 373 g/mol. The molecule has 0 spiro atoms. The Morgan fingerprint density at radius 1 is 1.08 bits per heavy atom. The number of carbonyl (C=O) groups excluding carboxylic acids is 1. The lowest BCUT2D eigenvalue weighted by Crippen LogP contribution is -3.13. The average Bonchev–Trinajstić information content (AvgIpc) is 2.64. The highest BCUT2D eigenvalue weighted by molar-refractivity contribution is 7.89. The Kier molecular flexibility index (Phi) is 5.55. The molecule has 138 valence electrons. The van der Waals surface area contributed by atoms with Crippen LogP contribution in [0.4, 0.5) is 0 Å². The molecule has 0 atom stereocenters. The Bertz CT molecular complexity index is 901. The van der Waals surface area contributed by atoms with E-state index in [0.717, 1.165) is 19.6 Å². The Hall–Kier alpha value is -2.02. The minimum atomic E-state index is -3.55. The van der Waals surface area contributed by atoms with Crippen LogP contribution in [-0.4, -0.2) is 44.7 Å². The van der Waals surface area contributed by atoms with E-state index in [0.29, 0.717) is 18.7 Å². The van der Waals surface area contributed by atoms with Gasteiger partial charge in [0.25, 0.3) is 0 Å². The first kappa shape index (κ1) is 18.8. The molecular formula is C20H25N2O3S+. The molecule has 0 saturated carbocycles. The van der Waals surface area contributed by atoms with E-state index < -0.39 is 10.0 Å². The summed E-state index contributed by atoms with van der Waals surface area (Å²) < 4.78 is 27.3. The first-order valence-corrected chi connectivity index (χ1v) is 10.3. The molecule has 0 bridgehead atoms. The van der Waals surface area contributed by atoms with Crippen molar-refractivity contribution in [1.82, 2.24) is 4.31 Å². The summed E-state index contributed by atoms with van der Waals surface area (Å²) >= 11 is 0. The number of hydrogen-bond donors (Lipinski definition) is 1. The normalized spacial score (nSPS) is 16.5. The Morgan fingerprint density at radius 2 is 1.77 bits per heavy atom. The van der Waals surface area contributed by atoms with Gasteiger partial charge in [0, 0.05) is 11.1 Å². The summed E-state index contributed by atoms with van der Waals surface area (Å²) in [7, 11) is -3.55. The molecule has 1 aliphatic rings. The highest BCUT2D eigenvalue weighted by Crippen LogP contribution is 2.17. The van der Waals surface area contributed by atoms with Crippen molar-refractivity contribution in [2.24, 2.45) is 0 Å². The molecule has 6 heteroatoms. The van der Waals surface area contributed by atoms with Gasteiger partial charge in [-0.15, -0.1) is 0 Å². The van der Waals surface area contributed by atoms with Crippen LogP contribution in [0.3, 0.4) is 0 Å². The third-order valence-corrected chi connectivity index (χ3v) is 6.90. The Balaban J connectivity index is 1.68. The van der Waals surface area contributed by atoms with Crippen LogP contribution in [0.2, 0.25) is 0 Å². The van der Waals surface area contributed by atoms with E-state index in [4.69, 9.17) is 0 Å². The molecule has 1 N–H and O–H groups in total. The minimum absolute atomic E-state index is 0.130. The maximum absolute atomic E-state index is 12.9. The highest BCUT2D eigenvalue weighted by Gasteiger charge is 2.30. The van der Waals surface area contributed by atoms with Gasteiger partial charge < -0.3 is 4.90 Å². The van der Waals surface area contributed by atoms with E-state index in [9.17, 15) is 13.2 Å². The van der Waals surface area contributed by atoms with Crippen molar-refractivity contribution in [2.75, 3.05) is 26.2 Å². The van der Waals surface area contributed by atoms with E-state index in [2.05, 4.69) is 19.1 Å². The van der Waals surface area contributed by atoms with Crippen LogP contribution in [0.5, 0.6) is 0 Å². The van der Waals surface area contributed by atoms with Crippen molar-refractivity contribution in [3.8, 4) is 0 Å². The van der Waals surface area contributed by atoms with Crippen LogP contribution in [0.25, 0.3) is 0 Å². The second kappa shape index (κ2) is 7.70. The number of hydrogen-bond acceptors (Lipinski definition) is 3. The van der Waals surface area contributed by atoms with Crippen molar-refractivity contribution < 1.29 is 18.1 Å². The number of sulfonamides is 1. The molecule has 0 aromatic heterocycles. The summed E-state index contributed by atoms with van der Waals surface area (Å²) in [6.07, 6.45) is 0. The first-order valence-electron chi connectivity index (χ1n) is 8.87. The fourth-order valence-electron chi connectivity index (χ4n) is 3.32. The summed E-state index contributed by atoms with van der Waals surface area (Å²) in [5, 5.41) is 0. The van der Waals surface area contributed by atoms with E-state index in [1.165, 1.54) is 33.3 Å². The van der Waals surface area contributed by atoms with Gasteiger partial charge in [-0.05, 0) is 31.5 Å². The van der Waals surface area contributed by atoms with Gasteiger partial charge in [0.05, 0.1) is 31.1 Å². The third-order valence-electron chi connectivity index (χ3n) is 5.01. The number of nitrogens with one attached hydrogen (secondary N) is 1. The van der Waals surface area contributed by atoms with E-state index >= 15 is 0 Å². The number of benzene rings is 2. The van der Waals surface area contributed by atoms with Crippen LogP contribution >= 0.6 is 0 Å². The SMILES string of the molecule is CC(=O)c1cccc(S(=O)(=O)N2CC[NH+](Cc3ccccc3C)CC2)c1. The molecule has 3 rings (SSSR count). The quantitative estimate of drug-likeness (QED) is 0.804. The van der Waals surface area contributed by atoms with Gasteiger partial charge in [-0.2, -0.15) is 4.31 Å². The van der Waals surface area contributed by atoms with Crippen LogP contribution in [-0.2, 0) is 16.6 Å². The van der Waals surface area contributed by atoms with Crippen LogP contribution in [0.1, 0.15) is 28.4 Å². The maximum Gasteiger partial charge on any atom is 0.243 e. The number of aryl methyl sites for hydroxylation is 1. The number of ketones is 1. The van der Waals surface area contributed by atoms with Crippen LogP contribution in [0.15, 0.2) is 53.4 Å². The lowest BCUT2D eigenvalue weighted by Gasteiger charge is -2.31. The van der Waals surface area contributed by atoms with Gasteiger partial charge in [0.2, 0.25) is 10.0 Å². The number of quaternary nitrogens is 1. The lowest BCUT2D eigenvalue weighted by atomic mass is 10.1. The third kappa shape index (κ3) is 4.03. The van der Waals surface area contributed by atoms with E-state index in [1.54, 1.807) is 18.2 Å². The maximum atomic E-state index is 12.9. The average molecular weight is 373 g/mol. The molecule has 1 saturated heterocycles. The minimum Gasteiger partial charge on any atom is -0.329 e. The zero-order chi connectivity index (χ0) is 18.7. The van der Waals surface area contributed by atoms with Crippen LogP contribution in [0, 0.1) is 6.92 Å². The predicted molar refractivity (Wildman–Crippen MR) is 101 cm³/mol. The molecule has 1 aliphatic heterocycles. The first-order chi connectivity index (χ1) is 12.4. The molecule has 5 nitrogen and oxygen atoms in total. The van der Waals surface area contributed by atoms with Crippen molar-refractivity contribution in [1.29, 1.82) is 0 Å². The zero-order valence-corrected chi connectivity index (χ0v) is 16.1. The van der Waals surface area contributed by atoms with Gasteiger partial charge in [-0.1, -0.05) is 36.4 Å². The number of Topliss-reactive ketones (excluding diaryl/α,β-unsaturated/α-hetero) is 1. The summed E-state index contributed by atoms with van der Waals surface area (Å²) in [6.45, 7) is 7.01. The zero-order valence-electron chi connectivity index (χ0n) is 15.2. The summed E-state index contributed by atoms with van der Waals surface area (Å²) in [5.41, 5.74) is 3.01. The van der Waals surface area contributed by atoms with Gasteiger partial charge in [0.1, 0.15) is 6.54 Å². The molecule has 0 radical (unpaired) electrons. The van der Waals surface area contributed by atoms with Gasteiger partial charge in [0.15, 0.2) is 5.78 Å². The predicted octanol–water partition coefficient (Wildman–Crippen LogP) is 1.29. The molecule has 0 unspecified atom stereocenters. The largest absolute Gasteiger partial charge is 0.329 e. The standard InChI is InChI=1S/C20H24N2O3S/c1-16-6-3-4-7-19(16)15-21-10-12-22(13-11-21)26(24,25)20-9-5-8-18(14-20)17(2)23/h3-9,14H,10-13,15H2,1-2H3/p+1. The molecular weight excluding hydrogens is 348 g/mol. The van der Waals surface area contributed by atoms with E-state index in [1.807, 2.05) is 12.1 Å². The Morgan fingerprint density at radius 3 is 2.42 bits per heavy atom. The molecule has 0 aliphatic carbocycles. The second-order valence-electron chi connectivity index (χ2n) is 6.84. The van der Waals surface area contributed by atoms with Crippen molar-refractivity contribution in [3.05, 3.63) is 65.2 Å². The lowest BCUT2D eigenvalue weighted by molar-refractivity contribution is -0.917. The van der Waals surface area contributed by atoms with Gasteiger partial charge >= 0.3 is 0 Å². The number of nitrogens with zero attached hydrogens (tertiary/aromatic N) is 1. The van der Waals surface area contributed by atoms with Crippen LogP contribution < -0.4 is 4.90 Å². The smallest absolute Gasteiger partial charge is 0.243 e. The number of piperazine rings is 1. The Labute approximate surface area is 155 Å². The van der Waals surface area contributed by atoms with Gasteiger partial charge in [-0.3, -0.25) is 4.79 Å². The summed E-state index contributed by atoms with van der Waals surface area (Å²) in [6, 6.07) is 14.6. The van der Waals surface area contributed by atoms with Crippen molar-refractivity contribution in [3.63, 3.8) is 0 Å². The van der Waals surface area contributed by atoms with Crippen molar-refractivity contribution in [2.45, 2.75) is 25.3 Å². The molecule has 1 heterocycles. The van der Waals surface area contributed by atoms with Gasteiger partial charge in [-0.25, -0.2) is 8.42 Å². The summed E-state index contributed by atoms with van der Waals surface area (Å²) in [4.78, 5) is 13.1. The molecule has 0 amide bonds. The topological polar surface area (TPSA) is 58.9 Å². The molecule has 2 aromatic rings. The molecule has 1 fully saturated rings. The molecule has 2 aromatic carbocycles. The molecule has 26 heavy (non-hydrogen) atoms. The summed E-state index contributed by atoms with van der Waals surface area (Å²) in [5.74, 6) is -0.130. The van der Waals surface area contributed by atoms with Crippen molar-refractivity contribution >= 4 is 15.8 Å². The highest BCUT2D eigenvalue weighted by atomic mass is 32.2. The fraction of sp³-hybridized carbons (Fsp3) is 0.350. The van der Waals surface area contributed by atoms with E-state index in [-0.39, 0.29) is 10.7 Å². The fourth-order valence-corrected chi connectivity index (χ4v) is 4.81. The number of carbonyl (C=O) groups is 1. The number of rotatable bonds is 5. The second-order valence-corrected chi connectivity index (χ2v) is 8.78.